The summed E-state index contributed by atoms with van der Waals surface area (Å²) in [4.78, 5) is 22.7. The van der Waals surface area contributed by atoms with Gasteiger partial charge in [0, 0.05) is 29.8 Å². The molecule has 2 bridgehead atoms. The number of carbonyl (C=O) groups excluding carboxylic acids is 1. The van der Waals surface area contributed by atoms with Crippen LogP contribution in [-0.2, 0) is 18.3 Å². The Labute approximate surface area is 227 Å². The lowest BCUT2D eigenvalue weighted by molar-refractivity contribution is -0.161. The SMILES string of the molecule is CN1CC[C@]23CCCC[C@@]2(O)[C@H]1Cc1ccc(C(=O)NCCc2ccc(-c4cnc(O)nc4O)cc2)c(O)c13. The molecule has 1 saturated carbocycles. The Bertz CT molecular complexity index is 1430. The Balaban J connectivity index is 1.18. The molecule has 0 unspecified atom stereocenters. The molecule has 1 saturated heterocycles. The molecule has 1 aliphatic heterocycles. The van der Waals surface area contributed by atoms with Crippen LogP contribution in [0.1, 0.15) is 59.2 Å². The molecule has 6 rings (SSSR count). The summed E-state index contributed by atoms with van der Waals surface area (Å²) in [6.45, 7) is 1.24. The first-order valence-corrected chi connectivity index (χ1v) is 13.6. The van der Waals surface area contributed by atoms with Crippen molar-refractivity contribution in [1.29, 1.82) is 0 Å². The summed E-state index contributed by atoms with van der Waals surface area (Å²) in [5.74, 6) is -0.605. The summed E-state index contributed by atoms with van der Waals surface area (Å²) in [6, 6.07) is 10.6. The van der Waals surface area contributed by atoms with E-state index in [4.69, 9.17) is 0 Å². The van der Waals surface area contributed by atoms with Crippen LogP contribution in [0.5, 0.6) is 17.6 Å². The lowest BCUT2D eigenvalue weighted by Gasteiger charge is -2.63. The van der Waals surface area contributed by atoms with Gasteiger partial charge in [0.25, 0.3) is 5.91 Å². The average molecular weight is 531 g/mol. The van der Waals surface area contributed by atoms with Gasteiger partial charge in [0.15, 0.2) is 0 Å². The van der Waals surface area contributed by atoms with E-state index in [0.717, 1.165) is 55.3 Å². The molecular formula is C30H34N4O5. The molecule has 3 atom stereocenters. The van der Waals surface area contributed by atoms with Crippen molar-refractivity contribution >= 4 is 5.91 Å². The fraction of sp³-hybridized carbons (Fsp3) is 0.433. The largest absolute Gasteiger partial charge is 0.507 e. The lowest BCUT2D eigenvalue weighted by atomic mass is 9.49. The van der Waals surface area contributed by atoms with E-state index in [0.29, 0.717) is 30.5 Å². The van der Waals surface area contributed by atoms with Crippen LogP contribution in [0.2, 0.25) is 0 Å². The van der Waals surface area contributed by atoms with E-state index >= 15 is 0 Å². The smallest absolute Gasteiger partial charge is 0.317 e. The Hall–Kier alpha value is -3.69. The number of benzene rings is 2. The van der Waals surface area contributed by atoms with Crippen LogP contribution < -0.4 is 5.32 Å². The molecule has 9 nitrogen and oxygen atoms in total. The van der Waals surface area contributed by atoms with E-state index < -0.39 is 17.0 Å². The summed E-state index contributed by atoms with van der Waals surface area (Å²) < 4.78 is 0. The van der Waals surface area contributed by atoms with Gasteiger partial charge in [0.1, 0.15) is 5.75 Å². The Morgan fingerprint density at radius 1 is 1.08 bits per heavy atom. The second-order valence-corrected chi connectivity index (χ2v) is 11.3. The Morgan fingerprint density at radius 3 is 2.62 bits per heavy atom. The fourth-order valence-electron chi connectivity index (χ4n) is 7.35. The highest BCUT2D eigenvalue weighted by Gasteiger charge is 2.63. The van der Waals surface area contributed by atoms with E-state index in [1.807, 2.05) is 30.3 Å². The monoisotopic (exact) mass is 530 g/mol. The molecule has 2 fully saturated rings. The third kappa shape index (κ3) is 4.03. The maximum atomic E-state index is 13.2. The summed E-state index contributed by atoms with van der Waals surface area (Å²) in [7, 11) is 2.08. The molecule has 2 heterocycles. The number of fused-ring (bicyclic) bond motifs is 1. The molecule has 0 spiro atoms. The summed E-state index contributed by atoms with van der Waals surface area (Å²) in [5.41, 5.74) is 2.77. The van der Waals surface area contributed by atoms with Crippen molar-refractivity contribution in [3.63, 3.8) is 0 Å². The molecule has 204 valence electrons. The first-order chi connectivity index (χ1) is 18.7. The number of aromatic nitrogens is 2. The molecule has 9 heteroatoms. The molecule has 2 aliphatic carbocycles. The minimum Gasteiger partial charge on any atom is -0.507 e. The van der Waals surface area contributed by atoms with Crippen LogP contribution in [0, 0.1) is 0 Å². The van der Waals surface area contributed by atoms with Gasteiger partial charge in [-0.25, -0.2) is 4.98 Å². The standard InChI is InChI=1S/C30H34N4O5/c1-34-15-13-29-11-2-3-12-30(29,39)23(34)16-20-8-9-21(25(35)24(20)29)26(36)31-14-10-18-4-6-19(7-5-18)22-17-32-28(38)33-27(22)37/h4-9,17,23,35,39H,2-3,10-16H2,1H3,(H,31,36)(H2,32,33,37,38)/t23-,29+,30-/m1/s1. The van der Waals surface area contributed by atoms with Crippen molar-refractivity contribution < 1.29 is 25.2 Å². The maximum absolute atomic E-state index is 13.2. The first-order valence-electron chi connectivity index (χ1n) is 13.6. The van der Waals surface area contributed by atoms with Gasteiger partial charge in [-0.15, -0.1) is 0 Å². The molecule has 0 radical (unpaired) electrons. The van der Waals surface area contributed by atoms with E-state index in [1.165, 1.54) is 6.20 Å². The van der Waals surface area contributed by atoms with Crippen molar-refractivity contribution in [2.45, 2.75) is 62.0 Å². The number of likely N-dealkylation sites (tertiary alicyclic amines) is 1. The van der Waals surface area contributed by atoms with Gasteiger partial charge in [-0.05, 0) is 68.5 Å². The Kier molecular flexibility index (Phi) is 6.23. The summed E-state index contributed by atoms with van der Waals surface area (Å²) in [5, 5.41) is 45.7. The van der Waals surface area contributed by atoms with Crippen molar-refractivity contribution in [3.05, 3.63) is 64.8 Å². The molecular weight excluding hydrogens is 496 g/mol. The number of amides is 1. The number of hydrogen-bond donors (Lipinski definition) is 5. The molecule has 39 heavy (non-hydrogen) atoms. The van der Waals surface area contributed by atoms with Gasteiger partial charge in [-0.1, -0.05) is 43.2 Å². The second-order valence-electron chi connectivity index (χ2n) is 11.3. The highest BCUT2D eigenvalue weighted by molar-refractivity contribution is 5.97. The van der Waals surface area contributed by atoms with E-state index in [1.54, 1.807) is 6.07 Å². The minimum absolute atomic E-state index is 0.0219. The quantitative estimate of drug-likeness (QED) is 0.339. The molecule has 1 amide bonds. The predicted molar refractivity (Wildman–Crippen MR) is 145 cm³/mol. The Morgan fingerprint density at radius 2 is 1.85 bits per heavy atom. The van der Waals surface area contributed by atoms with Gasteiger partial charge >= 0.3 is 6.01 Å². The van der Waals surface area contributed by atoms with Gasteiger partial charge < -0.3 is 30.6 Å². The van der Waals surface area contributed by atoms with Crippen LogP contribution in [0.3, 0.4) is 0 Å². The normalized spacial score (nSPS) is 25.9. The molecule has 3 aromatic rings. The van der Waals surface area contributed by atoms with Crippen molar-refractivity contribution in [3.8, 4) is 28.8 Å². The number of nitrogens with zero attached hydrogens (tertiary/aromatic N) is 3. The molecule has 5 N–H and O–H groups in total. The van der Waals surface area contributed by atoms with Gasteiger partial charge in [0.05, 0.1) is 16.7 Å². The van der Waals surface area contributed by atoms with Crippen LogP contribution >= 0.6 is 0 Å². The molecule has 3 aliphatic rings. The van der Waals surface area contributed by atoms with Crippen LogP contribution in [0.4, 0.5) is 0 Å². The van der Waals surface area contributed by atoms with Crippen LogP contribution in [0.25, 0.3) is 11.1 Å². The number of phenols is 1. The van der Waals surface area contributed by atoms with Crippen molar-refractivity contribution in [2.24, 2.45) is 0 Å². The summed E-state index contributed by atoms with van der Waals surface area (Å²) in [6.07, 6.45) is 6.90. The number of nitrogens with one attached hydrogen (secondary N) is 1. The van der Waals surface area contributed by atoms with Gasteiger partial charge in [-0.3, -0.25) is 4.79 Å². The zero-order chi connectivity index (χ0) is 27.4. The predicted octanol–water partition coefficient (Wildman–Crippen LogP) is 3.04. The number of rotatable bonds is 5. The number of likely N-dealkylation sites (N-methyl/N-ethyl adjacent to an activating group) is 1. The molecule has 2 aromatic carbocycles. The number of piperidine rings is 1. The first kappa shape index (κ1) is 25.6. The highest BCUT2D eigenvalue weighted by Crippen LogP contribution is 2.60. The molecule has 1 aromatic heterocycles. The number of phenolic OH excluding ortho intramolecular Hbond substituents is 1. The maximum Gasteiger partial charge on any atom is 0.317 e. The van der Waals surface area contributed by atoms with Crippen LogP contribution in [-0.4, -0.2) is 73.0 Å². The highest BCUT2D eigenvalue weighted by atomic mass is 16.3. The van der Waals surface area contributed by atoms with E-state index in [9.17, 15) is 25.2 Å². The van der Waals surface area contributed by atoms with Gasteiger partial charge in [-0.2, -0.15) is 4.98 Å². The fourth-order valence-corrected chi connectivity index (χ4v) is 7.35. The number of hydrogen-bond acceptors (Lipinski definition) is 8. The third-order valence-electron chi connectivity index (χ3n) is 9.34. The zero-order valence-corrected chi connectivity index (χ0v) is 22.0. The number of aromatic hydroxyl groups is 3. The number of carbonyl (C=O) groups is 1. The minimum atomic E-state index is -0.896. The third-order valence-corrected chi connectivity index (χ3v) is 9.34. The topological polar surface area (TPSA) is 139 Å². The van der Waals surface area contributed by atoms with Crippen molar-refractivity contribution in [2.75, 3.05) is 20.1 Å². The van der Waals surface area contributed by atoms with E-state index in [-0.39, 0.29) is 29.1 Å². The lowest BCUT2D eigenvalue weighted by Crippen LogP contribution is -2.71. The van der Waals surface area contributed by atoms with Crippen molar-refractivity contribution in [1.82, 2.24) is 20.2 Å². The average Bonchev–Trinajstić information content (AvgIpc) is 2.91. The van der Waals surface area contributed by atoms with Crippen LogP contribution in [0.15, 0.2) is 42.6 Å². The zero-order valence-electron chi connectivity index (χ0n) is 22.0. The van der Waals surface area contributed by atoms with E-state index in [2.05, 4.69) is 27.2 Å². The summed E-state index contributed by atoms with van der Waals surface area (Å²) >= 11 is 0. The van der Waals surface area contributed by atoms with Gasteiger partial charge in [0.2, 0.25) is 5.88 Å². The number of aliphatic hydroxyl groups is 1. The second kappa shape index (κ2) is 9.50.